The molecule has 2 aliphatic rings. The van der Waals surface area contributed by atoms with E-state index in [1.807, 2.05) is 0 Å². The normalized spacial score (nSPS) is 23.6. The number of rotatable bonds is 2. The van der Waals surface area contributed by atoms with Crippen molar-refractivity contribution in [2.45, 2.75) is 38.6 Å². The van der Waals surface area contributed by atoms with Crippen LogP contribution in [0.5, 0.6) is 0 Å². The van der Waals surface area contributed by atoms with E-state index < -0.39 is 0 Å². The van der Waals surface area contributed by atoms with Crippen LogP contribution < -0.4 is 0 Å². The molecule has 2 atom stereocenters. The lowest BCUT2D eigenvalue weighted by molar-refractivity contribution is -0.562. The third-order valence-electron chi connectivity index (χ3n) is 5.46. The lowest BCUT2D eigenvalue weighted by Gasteiger charge is -2.29. The van der Waals surface area contributed by atoms with Crippen LogP contribution in [-0.4, -0.2) is 40.9 Å². The average Bonchev–Trinajstić information content (AvgIpc) is 2.98. The number of carbonyl (C=O) groups excluding carboxylic acids is 1. The Labute approximate surface area is 136 Å². The van der Waals surface area contributed by atoms with Crippen molar-refractivity contribution in [2.24, 2.45) is 5.92 Å². The molecule has 0 radical (unpaired) electrons. The van der Waals surface area contributed by atoms with Crippen molar-refractivity contribution >= 4 is 22.6 Å². The highest BCUT2D eigenvalue weighted by molar-refractivity contribution is 6.05. The van der Waals surface area contributed by atoms with Crippen molar-refractivity contribution in [3.05, 3.63) is 35.5 Å². The summed E-state index contributed by atoms with van der Waals surface area (Å²) >= 11 is 0. The highest BCUT2D eigenvalue weighted by Gasteiger charge is 2.45. The highest BCUT2D eigenvalue weighted by Crippen LogP contribution is 2.34. The smallest absolute Gasteiger partial charge is 0.375 e. The van der Waals surface area contributed by atoms with Crippen molar-refractivity contribution in [3.8, 4) is 0 Å². The van der Waals surface area contributed by atoms with Gasteiger partial charge < -0.3 is 9.72 Å². The van der Waals surface area contributed by atoms with Gasteiger partial charge in [-0.1, -0.05) is 25.1 Å². The van der Waals surface area contributed by atoms with Crippen LogP contribution in [0.4, 0.5) is 0 Å². The number of para-hydroxylation sites is 1. The summed E-state index contributed by atoms with van der Waals surface area (Å²) in [6.07, 6.45) is 4.18. The second kappa shape index (κ2) is 5.52. The van der Waals surface area contributed by atoms with Gasteiger partial charge in [0.05, 0.1) is 7.11 Å². The molecule has 120 valence electrons. The molecular formula is C19H23N2O2+. The first-order valence-electron chi connectivity index (χ1n) is 8.55. The van der Waals surface area contributed by atoms with Gasteiger partial charge in [0.15, 0.2) is 0 Å². The van der Waals surface area contributed by atoms with Crippen LogP contribution in [0.3, 0.4) is 0 Å². The Morgan fingerprint density at radius 2 is 2.22 bits per heavy atom. The molecule has 0 saturated carbocycles. The number of fused-ring (bicyclic) bond motifs is 4. The summed E-state index contributed by atoms with van der Waals surface area (Å²) in [6, 6.07) is 8.21. The monoisotopic (exact) mass is 311 g/mol. The molecule has 2 aliphatic heterocycles. The number of hydrogen-bond donors (Lipinski definition) is 1. The van der Waals surface area contributed by atoms with Gasteiger partial charge in [-0.2, -0.15) is 0 Å². The second-order valence-electron chi connectivity index (χ2n) is 6.59. The standard InChI is InChI=1S/C19H22N2O2/c1-3-12-7-6-10-21-16(19(22)23-2)11-14-13-8-4-5-9-15(13)20-17(14)18(12)21/h4-5,8-9,12,16H,3,6-7,10-11H2,1-2H3/p+1/t12?,16-/m0/s1. The Morgan fingerprint density at radius 3 is 3.00 bits per heavy atom. The molecule has 0 amide bonds. The van der Waals surface area contributed by atoms with E-state index in [0.29, 0.717) is 5.92 Å². The molecule has 1 unspecified atom stereocenters. The number of ether oxygens (including phenoxy) is 1. The van der Waals surface area contributed by atoms with Gasteiger partial charge in [-0.15, -0.1) is 0 Å². The van der Waals surface area contributed by atoms with E-state index in [1.54, 1.807) is 0 Å². The van der Waals surface area contributed by atoms with E-state index in [2.05, 4.69) is 40.7 Å². The number of carbonyl (C=O) groups is 1. The summed E-state index contributed by atoms with van der Waals surface area (Å²) in [5, 5.41) is 1.24. The minimum atomic E-state index is -0.184. The largest absolute Gasteiger partial charge is 0.464 e. The van der Waals surface area contributed by atoms with E-state index >= 15 is 0 Å². The van der Waals surface area contributed by atoms with Crippen LogP contribution >= 0.6 is 0 Å². The first-order valence-corrected chi connectivity index (χ1v) is 8.55. The van der Waals surface area contributed by atoms with Crippen molar-refractivity contribution < 1.29 is 14.1 Å². The zero-order chi connectivity index (χ0) is 16.0. The van der Waals surface area contributed by atoms with Gasteiger partial charge in [0, 0.05) is 29.7 Å². The molecule has 23 heavy (non-hydrogen) atoms. The Kier molecular flexibility index (Phi) is 3.47. The van der Waals surface area contributed by atoms with Crippen molar-refractivity contribution in [1.82, 2.24) is 4.98 Å². The second-order valence-corrected chi connectivity index (χ2v) is 6.59. The van der Waals surface area contributed by atoms with E-state index in [0.717, 1.165) is 31.3 Å². The summed E-state index contributed by atoms with van der Waals surface area (Å²) in [4.78, 5) is 16.0. The summed E-state index contributed by atoms with van der Waals surface area (Å²) < 4.78 is 7.41. The minimum Gasteiger partial charge on any atom is -0.464 e. The maximum atomic E-state index is 12.4. The number of nitrogens with one attached hydrogen (secondary N) is 1. The van der Waals surface area contributed by atoms with Crippen molar-refractivity contribution in [3.63, 3.8) is 0 Å². The minimum absolute atomic E-state index is 0.116. The molecule has 0 aliphatic carbocycles. The summed E-state index contributed by atoms with van der Waals surface area (Å²) in [5.74, 6) is 0.401. The van der Waals surface area contributed by atoms with Crippen LogP contribution in [0.1, 0.15) is 37.4 Å². The molecule has 4 heteroatoms. The molecule has 1 aromatic carbocycles. The van der Waals surface area contributed by atoms with Crippen molar-refractivity contribution in [1.29, 1.82) is 0 Å². The lowest BCUT2D eigenvalue weighted by Crippen LogP contribution is -2.48. The number of benzene rings is 1. The van der Waals surface area contributed by atoms with E-state index in [9.17, 15) is 4.79 Å². The molecular weight excluding hydrogens is 288 g/mol. The Hall–Kier alpha value is -2.10. The van der Waals surface area contributed by atoms with Gasteiger partial charge in [0.2, 0.25) is 5.71 Å². The number of aromatic amines is 1. The van der Waals surface area contributed by atoms with E-state index in [-0.39, 0.29) is 12.0 Å². The number of esters is 1. The van der Waals surface area contributed by atoms with Gasteiger partial charge in [0.25, 0.3) is 6.04 Å². The Bertz CT molecular complexity index is 803. The van der Waals surface area contributed by atoms with Crippen molar-refractivity contribution in [2.75, 3.05) is 13.7 Å². The Balaban J connectivity index is 1.97. The molecule has 4 nitrogen and oxygen atoms in total. The van der Waals surface area contributed by atoms with Gasteiger partial charge in [-0.3, -0.25) is 0 Å². The zero-order valence-corrected chi connectivity index (χ0v) is 13.8. The molecule has 1 N–H and O–H groups in total. The molecule has 0 fully saturated rings. The maximum absolute atomic E-state index is 12.4. The average molecular weight is 311 g/mol. The van der Waals surface area contributed by atoms with Crippen LogP contribution in [0.25, 0.3) is 10.9 Å². The first kappa shape index (κ1) is 14.5. The molecule has 2 aromatic rings. The fourth-order valence-electron chi connectivity index (χ4n) is 4.35. The number of methoxy groups -OCH3 is 1. The highest BCUT2D eigenvalue weighted by atomic mass is 16.5. The molecule has 0 bridgehead atoms. The number of hydrogen-bond acceptors (Lipinski definition) is 2. The molecule has 3 heterocycles. The van der Waals surface area contributed by atoms with E-state index in [4.69, 9.17) is 4.74 Å². The van der Waals surface area contributed by atoms with Crippen LogP contribution in [0.2, 0.25) is 0 Å². The summed E-state index contributed by atoms with van der Waals surface area (Å²) in [6.45, 7) is 3.19. The van der Waals surface area contributed by atoms with E-state index in [1.165, 1.54) is 35.9 Å². The van der Waals surface area contributed by atoms with Crippen LogP contribution in [0, 0.1) is 5.92 Å². The first-order chi connectivity index (χ1) is 11.2. The fraction of sp³-hybridized carbons (Fsp3) is 0.474. The van der Waals surface area contributed by atoms with Gasteiger partial charge >= 0.3 is 5.97 Å². The molecule has 1 aromatic heterocycles. The maximum Gasteiger partial charge on any atom is 0.375 e. The number of aromatic nitrogens is 1. The lowest BCUT2D eigenvalue weighted by atomic mass is 9.83. The molecule has 0 spiro atoms. The van der Waals surface area contributed by atoms with Crippen LogP contribution in [-0.2, 0) is 16.0 Å². The van der Waals surface area contributed by atoms with Crippen LogP contribution in [0.15, 0.2) is 24.3 Å². The third-order valence-corrected chi connectivity index (χ3v) is 5.46. The number of nitrogens with zero attached hydrogens (tertiary/aromatic N) is 1. The quantitative estimate of drug-likeness (QED) is 0.685. The predicted octanol–water partition coefficient (Wildman–Crippen LogP) is 2.89. The molecule has 0 saturated heterocycles. The topological polar surface area (TPSA) is 45.1 Å². The SMILES string of the molecule is CCC1CCC[N+]2=C1c1[nH]c3ccccc3c1C[C@H]2C(=O)OC. The number of H-pyrrole nitrogens is 1. The predicted molar refractivity (Wildman–Crippen MR) is 90.1 cm³/mol. The van der Waals surface area contributed by atoms with Gasteiger partial charge in [-0.25, -0.2) is 9.37 Å². The van der Waals surface area contributed by atoms with Gasteiger partial charge in [-0.05, 0) is 24.5 Å². The zero-order valence-electron chi connectivity index (χ0n) is 13.8. The third kappa shape index (κ3) is 2.12. The fourth-order valence-corrected chi connectivity index (χ4v) is 4.35. The molecule has 4 rings (SSSR count). The summed E-state index contributed by atoms with van der Waals surface area (Å²) in [7, 11) is 1.49. The Morgan fingerprint density at radius 1 is 1.39 bits per heavy atom. The van der Waals surface area contributed by atoms with Gasteiger partial charge in [0.1, 0.15) is 12.2 Å². The summed E-state index contributed by atoms with van der Waals surface area (Å²) in [5.41, 5.74) is 5.02.